The Kier molecular flexibility index (Phi) is 7.14. The van der Waals surface area contributed by atoms with Crippen LogP contribution in [0.1, 0.15) is 22.9 Å². The normalized spacial score (nSPS) is 14.6. The van der Waals surface area contributed by atoms with Gasteiger partial charge in [-0.3, -0.25) is 0 Å². The molecule has 5 heterocycles. The first-order valence-corrected chi connectivity index (χ1v) is 22.5. The fourth-order valence-electron chi connectivity index (χ4n) is 9.83. The molecule has 1 aliphatic heterocycles. The smallest absolute Gasteiger partial charge is 0.159 e. The van der Waals surface area contributed by atoms with Gasteiger partial charge in [0.25, 0.3) is 0 Å². The summed E-state index contributed by atoms with van der Waals surface area (Å²) in [5.74, 6) is 1.46. The molecule has 9 aromatic carbocycles. The van der Waals surface area contributed by atoms with Gasteiger partial charge < -0.3 is 14.3 Å². The minimum atomic E-state index is -0.543. The minimum Gasteiger partial charge on any atom is -0.456 e. The number of rotatable bonds is 4. The number of nitrogens with one attached hydrogen (secondary N) is 1. The average Bonchev–Trinajstić information content (AvgIpc) is 4.09. The van der Waals surface area contributed by atoms with E-state index in [0.717, 1.165) is 61.2 Å². The summed E-state index contributed by atoms with van der Waals surface area (Å²) in [6, 6.07) is 65.5. The lowest BCUT2D eigenvalue weighted by atomic mass is 9.99. The van der Waals surface area contributed by atoms with Crippen molar-refractivity contribution in [1.82, 2.24) is 9.88 Å². The van der Waals surface area contributed by atoms with Crippen molar-refractivity contribution >= 4 is 129 Å². The van der Waals surface area contributed by atoms with Gasteiger partial charge >= 0.3 is 0 Å². The monoisotopic (exact) mass is 828 g/mol. The van der Waals surface area contributed by atoms with Crippen LogP contribution in [0.4, 0.5) is 0 Å². The Hall–Kier alpha value is -7.58. The van der Waals surface area contributed by atoms with Gasteiger partial charge in [-0.1, -0.05) is 97.1 Å². The van der Waals surface area contributed by atoms with Crippen molar-refractivity contribution in [3.05, 3.63) is 199 Å². The molecule has 4 aromatic heterocycles. The van der Waals surface area contributed by atoms with Crippen LogP contribution in [0.2, 0.25) is 0 Å². The standard InChI is InChI=1S/C55H32N4OS2/c1-2-12-32-30-44-39(27-31(32)11-1)35-13-3-7-17-42(35)59(44)43-23-24-46-51(38-16-4-8-18-45(38)60-46)52(43)55-57-53(33-21-25-49-40(28-33)36-14-5-9-19-47(36)61-49)56-54(58-55)34-22-26-50-41(29-34)37-15-6-10-20-48(37)62-50/h1-30,55H,(H,56,57,58). The third-order valence-electron chi connectivity index (χ3n) is 12.6. The summed E-state index contributed by atoms with van der Waals surface area (Å²) in [5.41, 5.74) is 7.96. The number of aromatic nitrogens is 1. The summed E-state index contributed by atoms with van der Waals surface area (Å²) in [4.78, 5) is 11.1. The predicted octanol–water partition coefficient (Wildman–Crippen LogP) is 15.1. The second-order valence-corrected chi connectivity index (χ2v) is 18.3. The molecule has 62 heavy (non-hydrogen) atoms. The first kappa shape index (κ1) is 34.2. The van der Waals surface area contributed by atoms with E-state index in [1.54, 1.807) is 0 Å². The summed E-state index contributed by atoms with van der Waals surface area (Å²) < 4.78 is 14.1. The van der Waals surface area contributed by atoms with Gasteiger partial charge in [0.2, 0.25) is 0 Å². The molecule has 1 atom stereocenters. The van der Waals surface area contributed by atoms with Crippen molar-refractivity contribution in [2.45, 2.75) is 6.17 Å². The van der Waals surface area contributed by atoms with Crippen LogP contribution in [0, 0.1) is 0 Å². The van der Waals surface area contributed by atoms with E-state index < -0.39 is 6.17 Å². The van der Waals surface area contributed by atoms with Gasteiger partial charge in [0, 0.05) is 78.6 Å². The van der Waals surface area contributed by atoms with Crippen LogP contribution >= 0.6 is 22.7 Å². The molecular weight excluding hydrogens is 797 g/mol. The highest BCUT2D eigenvalue weighted by Crippen LogP contribution is 2.44. The van der Waals surface area contributed by atoms with E-state index in [4.69, 9.17) is 14.4 Å². The number of benzene rings is 9. The maximum atomic E-state index is 6.66. The quantitative estimate of drug-likeness (QED) is 0.192. The Morgan fingerprint density at radius 2 is 1.08 bits per heavy atom. The number of thiophene rings is 2. The predicted molar refractivity (Wildman–Crippen MR) is 263 cm³/mol. The van der Waals surface area contributed by atoms with Gasteiger partial charge in [-0.2, -0.15) is 0 Å². The Bertz CT molecular complexity index is 4110. The Labute approximate surface area is 362 Å². The molecule has 7 heteroatoms. The van der Waals surface area contributed by atoms with Gasteiger partial charge in [0.1, 0.15) is 17.0 Å². The number of hydrogen-bond acceptors (Lipinski definition) is 6. The number of furan rings is 1. The molecule has 0 bridgehead atoms. The third kappa shape index (κ3) is 5.00. The first-order valence-electron chi connectivity index (χ1n) is 20.8. The molecule has 5 nitrogen and oxygen atoms in total. The van der Waals surface area contributed by atoms with Crippen LogP contribution < -0.4 is 5.32 Å². The molecule has 1 aliphatic rings. The molecule has 1 unspecified atom stereocenters. The molecule has 0 fully saturated rings. The van der Waals surface area contributed by atoms with Crippen molar-refractivity contribution in [2.24, 2.45) is 9.98 Å². The highest BCUT2D eigenvalue weighted by molar-refractivity contribution is 7.26. The zero-order valence-corrected chi connectivity index (χ0v) is 34.6. The van der Waals surface area contributed by atoms with Crippen LogP contribution in [0.15, 0.2) is 196 Å². The first-order chi connectivity index (χ1) is 30.7. The van der Waals surface area contributed by atoms with Crippen molar-refractivity contribution in [3.63, 3.8) is 0 Å². The Morgan fingerprint density at radius 3 is 1.85 bits per heavy atom. The third-order valence-corrected chi connectivity index (χ3v) is 14.9. The van der Waals surface area contributed by atoms with E-state index >= 15 is 0 Å². The number of para-hydroxylation sites is 2. The molecule has 0 aliphatic carbocycles. The molecular formula is C55H32N4OS2. The van der Waals surface area contributed by atoms with Crippen LogP contribution in [-0.2, 0) is 0 Å². The summed E-state index contributed by atoms with van der Waals surface area (Å²) in [7, 11) is 0. The number of fused-ring (bicyclic) bond motifs is 13. The average molecular weight is 829 g/mol. The second kappa shape index (κ2) is 13.0. The number of hydrogen-bond donors (Lipinski definition) is 1. The molecule has 0 spiro atoms. The SMILES string of the molecule is c1ccc2cc3c(cc2c1)c1ccccc1n3-c1ccc2oc3ccccc3c2c1C1N=C(c2ccc3sc4ccccc4c3c2)N=C(c2ccc3sc4ccccc4c3c2)N1. The van der Waals surface area contributed by atoms with E-state index in [1.165, 1.54) is 61.9 Å². The lowest BCUT2D eigenvalue weighted by molar-refractivity contribution is 0.660. The number of nitrogens with zero attached hydrogens (tertiary/aromatic N) is 3. The van der Waals surface area contributed by atoms with Crippen molar-refractivity contribution in [3.8, 4) is 5.69 Å². The topological polar surface area (TPSA) is 54.8 Å². The van der Waals surface area contributed by atoms with Crippen LogP contribution in [-0.4, -0.2) is 16.2 Å². The maximum Gasteiger partial charge on any atom is 0.159 e. The van der Waals surface area contributed by atoms with Crippen LogP contribution in [0.3, 0.4) is 0 Å². The van der Waals surface area contributed by atoms with Gasteiger partial charge in [-0.05, 0) is 95.7 Å². The van der Waals surface area contributed by atoms with E-state index in [2.05, 4.69) is 186 Å². The van der Waals surface area contributed by atoms with E-state index in [1.807, 2.05) is 28.7 Å². The molecule has 0 amide bonds. The highest BCUT2D eigenvalue weighted by atomic mass is 32.1. The molecule has 1 N–H and O–H groups in total. The van der Waals surface area contributed by atoms with Crippen molar-refractivity contribution in [2.75, 3.05) is 0 Å². The zero-order valence-electron chi connectivity index (χ0n) is 33.0. The van der Waals surface area contributed by atoms with Crippen LogP contribution in [0.5, 0.6) is 0 Å². The van der Waals surface area contributed by atoms with Gasteiger partial charge in [-0.25, -0.2) is 9.98 Å². The van der Waals surface area contributed by atoms with E-state index in [9.17, 15) is 0 Å². The molecule has 290 valence electrons. The summed E-state index contributed by atoms with van der Waals surface area (Å²) in [5, 5.41) is 15.8. The molecule has 14 rings (SSSR count). The fourth-order valence-corrected chi connectivity index (χ4v) is 12.0. The van der Waals surface area contributed by atoms with Crippen LogP contribution in [0.25, 0.3) is 101 Å². The molecule has 0 saturated heterocycles. The lowest BCUT2D eigenvalue weighted by Crippen LogP contribution is -2.34. The number of amidine groups is 2. The van der Waals surface area contributed by atoms with E-state index in [0.29, 0.717) is 5.84 Å². The van der Waals surface area contributed by atoms with Crippen molar-refractivity contribution in [1.29, 1.82) is 0 Å². The summed E-state index contributed by atoms with van der Waals surface area (Å²) in [6.07, 6.45) is -0.543. The minimum absolute atomic E-state index is 0.543. The molecule has 0 saturated carbocycles. The fraction of sp³-hybridized carbons (Fsp3) is 0.0182. The maximum absolute atomic E-state index is 6.66. The summed E-state index contributed by atoms with van der Waals surface area (Å²) >= 11 is 3.65. The second-order valence-electron chi connectivity index (χ2n) is 16.1. The van der Waals surface area contributed by atoms with E-state index in [-0.39, 0.29) is 0 Å². The van der Waals surface area contributed by atoms with Gasteiger partial charge in [0.15, 0.2) is 12.0 Å². The van der Waals surface area contributed by atoms with Crippen molar-refractivity contribution < 1.29 is 4.42 Å². The molecule has 13 aromatic rings. The zero-order chi connectivity index (χ0) is 40.5. The van der Waals surface area contributed by atoms with Gasteiger partial charge in [0.05, 0.1) is 16.7 Å². The number of aliphatic imine (C=N–C) groups is 2. The molecule has 0 radical (unpaired) electrons. The highest BCUT2D eigenvalue weighted by Gasteiger charge is 2.29. The lowest BCUT2D eigenvalue weighted by Gasteiger charge is -2.26. The Balaban J connectivity index is 1.07. The summed E-state index contributed by atoms with van der Waals surface area (Å²) in [6.45, 7) is 0. The Morgan fingerprint density at radius 1 is 0.468 bits per heavy atom. The largest absolute Gasteiger partial charge is 0.456 e. The van der Waals surface area contributed by atoms with Gasteiger partial charge in [-0.15, -0.1) is 22.7 Å².